The number of carbonyl (C=O) groups excluding carboxylic acids is 1. The zero-order valence-electron chi connectivity index (χ0n) is 12.0. The Morgan fingerprint density at radius 3 is 2.73 bits per heavy atom. The number of ether oxygens (including phenoxy) is 1. The van der Waals surface area contributed by atoms with Crippen LogP contribution in [0.3, 0.4) is 0 Å². The molecule has 0 saturated heterocycles. The van der Waals surface area contributed by atoms with Gasteiger partial charge in [-0.3, -0.25) is 4.79 Å². The summed E-state index contributed by atoms with van der Waals surface area (Å²) in [6, 6.07) is 1.44. The second-order valence-electron chi connectivity index (χ2n) is 4.25. The average Bonchev–Trinajstić information content (AvgIpc) is 2.45. The van der Waals surface area contributed by atoms with Crippen LogP contribution in [0.25, 0.3) is 0 Å². The van der Waals surface area contributed by atoms with Gasteiger partial charge < -0.3 is 10.1 Å². The highest BCUT2D eigenvalue weighted by Gasteiger charge is 2.25. The highest BCUT2D eigenvalue weighted by atomic mass is 32.2. The summed E-state index contributed by atoms with van der Waals surface area (Å²) in [5.74, 6) is -0.955. The van der Waals surface area contributed by atoms with Crippen LogP contribution in [0, 0.1) is 0 Å². The molecule has 1 heterocycles. The maximum atomic E-state index is 12.2. The van der Waals surface area contributed by atoms with Crippen LogP contribution in [-0.2, 0) is 14.8 Å². The monoisotopic (exact) mass is 337 g/mol. The standard InChI is InChI=1S/C12H17F2N3O4S/c1-3-15-11(18)8(2)17-22(19,20)9-5-4-6-16-12(9)21-7-10(13)14/h4-6,8,10,17H,3,7H2,1-2H3,(H,15,18)/t8-/m0/s1. The number of rotatable bonds is 8. The summed E-state index contributed by atoms with van der Waals surface area (Å²) in [5.41, 5.74) is 0. The molecule has 0 aliphatic carbocycles. The second-order valence-corrected chi connectivity index (χ2v) is 5.93. The van der Waals surface area contributed by atoms with Crippen LogP contribution in [0.15, 0.2) is 23.2 Å². The Bertz CT molecular complexity index is 610. The van der Waals surface area contributed by atoms with Gasteiger partial charge in [0.25, 0.3) is 6.43 Å². The number of nitrogens with zero attached hydrogens (tertiary/aromatic N) is 1. The molecule has 0 fully saturated rings. The zero-order valence-corrected chi connectivity index (χ0v) is 12.9. The lowest BCUT2D eigenvalue weighted by atomic mass is 10.3. The van der Waals surface area contributed by atoms with E-state index in [4.69, 9.17) is 4.74 Å². The molecule has 1 rings (SSSR count). The molecule has 1 atom stereocenters. The minimum absolute atomic E-state index is 0.348. The lowest BCUT2D eigenvalue weighted by Crippen LogP contribution is -2.44. The molecular weight excluding hydrogens is 320 g/mol. The van der Waals surface area contributed by atoms with E-state index < -0.39 is 45.8 Å². The summed E-state index contributed by atoms with van der Waals surface area (Å²) in [6.07, 6.45) is -1.55. The molecule has 1 aromatic heterocycles. The van der Waals surface area contributed by atoms with Crippen LogP contribution in [0.2, 0.25) is 0 Å². The van der Waals surface area contributed by atoms with Crippen molar-refractivity contribution in [2.24, 2.45) is 0 Å². The first kappa shape index (κ1) is 18.2. The zero-order chi connectivity index (χ0) is 16.8. The van der Waals surface area contributed by atoms with E-state index in [0.29, 0.717) is 6.54 Å². The van der Waals surface area contributed by atoms with E-state index in [1.807, 2.05) is 0 Å². The molecule has 0 bridgehead atoms. The fraction of sp³-hybridized carbons (Fsp3) is 0.500. The smallest absolute Gasteiger partial charge is 0.272 e. The van der Waals surface area contributed by atoms with E-state index in [0.717, 1.165) is 6.07 Å². The molecule has 124 valence electrons. The SMILES string of the molecule is CCNC(=O)[C@H](C)NS(=O)(=O)c1cccnc1OCC(F)F. The quantitative estimate of drug-likeness (QED) is 0.721. The first-order valence-electron chi connectivity index (χ1n) is 6.44. The third-order valence-corrected chi connectivity index (χ3v) is 4.00. The molecule has 0 aliphatic heterocycles. The number of halogens is 2. The first-order valence-corrected chi connectivity index (χ1v) is 7.92. The Kier molecular flexibility index (Phi) is 6.62. The van der Waals surface area contributed by atoms with Crippen LogP contribution in [0.4, 0.5) is 8.78 Å². The van der Waals surface area contributed by atoms with Gasteiger partial charge in [-0.1, -0.05) is 0 Å². The summed E-state index contributed by atoms with van der Waals surface area (Å²) >= 11 is 0. The van der Waals surface area contributed by atoms with E-state index in [1.165, 1.54) is 19.2 Å². The topological polar surface area (TPSA) is 97.4 Å². The fourth-order valence-electron chi connectivity index (χ4n) is 1.51. The van der Waals surface area contributed by atoms with Crippen LogP contribution < -0.4 is 14.8 Å². The van der Waals surface area contributed by atoms with E-state index >= 15 is 0 Å². The molecule has 1 aromatic rings. The summed E-state index contributed by atoms with van der Waals surface area (Å²) in [6.45, 7) is 2.42. The first-order chi connectivity index (χ1) is 10.3. The fourth-order valence-corrected chi connectivity index (χ4v) is 2.81. The van der Waals surface area contributed by atoms with Crippen molar-refractivity contribution in [3.63, 3.8) is 0 Å². The second kappa shape index (κ2) is 7.99. The van der Waals surface area contributed by atoms with Crippen molar-refractivity contribution in [2.75, 3.05) is 13.2 Å². The van der Waals surface area contributed by atoms with Gasteiger partial charge in [0, 0.05) is 12.7 Å². The normalized spacial score (nSPS) is 13.0. The molecule has 10 heteroatoms. The van der Waals surface area contributed by atoms with Gasteiger partial charge in [0.15, 0.2) is 6.61 Å². The van der Waals surface area contributed by atoms with Crippen LogP contribution >= 0.6 is 0 Å². The Morgan fingerprint density at radius 1 is 1.45 bits per heavy atom. The Balaban J connectivity index is 2.95. The van der Waals surface area contributed by atoms with Gasteiger partial charge in [-0.2, -0.15) is 4.72 Å². The number of pyridine rings is 1. The molecule has 1 amide bonds. The maximum Gasteiger partial charge on any atom is 0.272 e. The molecule has 0 unspecified atom stereocenters. The van der Waals surface area contributed by atoms with Crippen molar-refractivity contribution >= 4 is 15.9 Å². The lowest BCUT2D eigenvalue weighted by molar-refractivity contribution is -0.122. The molecule has 2 N–H and O–H groups in total. The van der Waals surface area contributed by atoms with Gasteiger partial charge in [0.1, 0.15) is 4.90 Å². The highest BCUT2D eigenvalue weighted by Crippen LogP contribution is 2.21. The van der Waals surface area contributed by atoms with Gasteiger partial charge in [-0.25, -0.2) is 22.2 Å². The molecule has 0 spiro atoms. The predicted molar refractivity (Wildman–Crippen MR) is 74.2 cm³/mol. The van der Waals surface area contributed by atoms with E-state index in [2.05, 4.69) is 15.0 Å². The van der Waals surface area contributed by atoms with Gasteiger partial charge in [-0.05, 0) is 26.0 Å². The molecular formula is C12H17F2N3O4S. The molecule has 0 saturated carbocycles. The number of likely N-dealkylation sites (N-methyl/N-ethyl adjacent to an activating group) is 1. The number of carbonyl (C=O) groups is 1. The number of aromatic nitrogens is 1. The van der Waals surface area contributed by atoms with Gasteiger partial charge in [-0.15, -0.1) is 0 Å². The highest BCUT2D eigenvalue weighted by molar-refractivity contribution is 7.89. The van der Waals surface area contributed by atoms with E-state index in [1.54, 1.807) is 6.92 Å². The van der Waals surface area contributed by atoms with Crippen LogP contribution in [0.1, 0.15) is 13.8 Å². The number of alkyl halides is 2. The van der Waals surface area contributed by atoms with E-state index in [9.17, 15) is 22.0 Å². The molecule has 22 heavy (non-hydrogen) atoms. The van der Waals surface area contributed by atoms with Crippen molar-refractivity contribution in [2.45, 2.75) is 31.2 Å². The Morgan fingerprint density at radius 2 is 2.14 bits per heavy atom. The van der Waals surface area contributed by atoms with Gasteiger partial charge >= 0.3 is 0 Å². The van der Waals surface area contributed by atoms with Crippen LogP contribution in [-0.4, -0.2) is 44.9 Å². The third kappa shape index (κ3) is 5.19. The molecule has 0 aliphatic rings. The summed E-state index contributed by atoms with van der Waals surface area (Å²) < 4.78 is 55.6. The van der Waals surface area contributed by atoms with Crippen molar-refractivity contribution in [1.29, 1.82) is 0 Å². The molecule has 0 aromatic carbocycles. The molecule has 7 nitrogen and oxygen atoms in total. The lowest BCUT2D eigenvalue weighted by Gasteiger charge is -2.15. The summed E-state index contributed by atoms with van der Waals surface area (Å²) in [7, 11) is -4.14. The van der Waals surface area contributed by atoms with Gasteiger partial charge in [0.05, 0.1) is 6.04 Å². The minimum atomic E-state index is -4.14. The maximum absolute atomic E-state index is 12.2. The van der Waals surface area contributed by atoms with Crippen molar-refractivity contribution in [3.8, 4) is 5.88 Å². The summed E-state index contributed by atoms with van der Waals surface area (Å²) in [5, 5.41) is 2.46. The Hall–Kier alpha value is -1.81. The number of hydrogen-bond acceptors (Lipinski definition) is 5. The minimum Gasteiger partial charge on any atom is -0.471 e. The predicted octanol–water partition coefficient (Wildman–Crippen LogP) is 0.528. The summed E-state index contributed by atoms with van der Waals surface area (Å²) in [4.78, 5) is 14.8. The van der Waals surface area contributed by atoms with Crippen LogP contribution in [0.5, 0.6) is 5.88 Å². The third-order valence-electron chi connectivity index (χ3n) is 2.45. The number of sulfonamides is 1. The average molecular weight is 337 g/mol. The number of hydrogen-bond donors (Lipinski definition) is 2. The number of amides is 1. The van der Waals surface area contributed by atoms with E-state index in [-0.39, 0.29) is 0 Å². The van der Waals surface area contributed by atoms with Crippen molar-refractivity contribution in [3.05, 3.63) is 18.3 Å². The largest absolute Gasteiger partial charge is 0.471 e. The molecule has 0 radical (unpaired) electrons. The Labute approximate surface area is 127 Å². The van der Waals surface area contributed by atoms with Crippen molar-refractivity contribution in [1.82, 2.24) is 15.0 Å². The van der Waals surface area contributed by atoms with Crippen molar-refractivity contribution < 1.29 is 26.7 Å². The van der Waals surface area contributed by atoms with Gasteiger partial charge in [0.2, 0.25) is 21.8 Å². The number of nitrogens with one attached hydrogen (secondary N) is 2.